The zero-order valence-corrected chi connectivity index (χ0v) is 10.8. The fourth-order valence-electron chi connectivity index (χ4n) is 1.61. The summed E-state index contributed by atoms with van der Waals surface area (Å²) in [6.45, 7) is 6.68. The van der Waals surface area contributed by atoms with Gasteiger partial charge in [0.1, 0.15) is 5.69 Å². The highest BCUT2D eigenvalue weighted by atomic mass is 16.5. The van der Waals surface area contributed by atoms with Gasteiger partial charge in [-0.1, -0.05) is 0 Å². The molecule has 0 saturated heterocycles. The van der Waals surface area contributed by atoms with Gasteiger partial charge < -0.3 is 15.8 Å². The molecule has 96 valence electrons. The van der Waals surface area contributed by atoms with Crippen LogP contribution in [-0.2, 0) is 11.8 Å². The maximum atomic E-state index is 11.9. The molecular formula is C11H20N4O2. The van der Waals surface area contributed by atoms with Crippen LogP contribution in [0.5, 0.6) is 0 Å². The van der Waals surface area contributed by atoms with Gasteiger partial charge in [-0.2, -0.15) is 5.10 Å². The molecule has 6 heteroatoms. The third-order valence-corrected chi connectivity index (χ3v) is 2.48. The van der Waals surface area contributed by atoms with Crippen molar-refractivity contribution < 1.29 is 9.53 Å². The molecular weight excluding hydrogens is 220 g/mol. The second-order valence-corrected chi connectivity index (χ2v) is 3.95. The first-order valence-electron chi connectivity index (χ1n) is 5.66. The first-order valence-corrected chi connectivity index (χ1v) is 5.66. The Labute approximate surface area is 101 Å². The van der Waals surface area contributed by atoms with Crippen molar-refractivity contribution in [3.8, 4) is 0 Å². The van der Waals surface area contributed by atoms with E-state index in [1.165, 1.54) is 4.68 Å². The molecule has 1 unspecified atom stereocenters. The summed E-state index contributed by atoms with van der Waals surface area (Å²) in [6, 6.07) is 0. The predicted octanol–water partition coefficient (Wildman–Crippen LogP) is 0.466. The van der Waals surface area contributed by atoms with Crippen molar-refractivity contribution in [2.24, 2.45) is 7.05 Å². The monoisotopic (exact) mass is 240 g/mol. The van der Waals surface area contributed by atoms with Gasteiger partial charge in [0, 0.05) is 20.2 Å². The molecule has 1 rings (SSSR count). The van der Waals surface area contributed by atoms with Crippen molar-refractivity contribution in [3.05, 3.63) is 11.4 Å². The van der Waals surface area contributed by atoms with Crippen molar-refractivity contribution in [3.63, 3.8) is 0 Å². The van der Waals surface area contributed by atoms with E-state index in [4.69, 9.17) is 10.5 Å². The van der Waals surface area contributed by atoms with Crippen molar-refractivity contribution in [1.29, 1.82) is 0 Å². The lowest BCUT2D eigenvalue weighted by Crippen LogP contribution is -2.33. The Morgan fingerprint density at radius 1 is 1.65 bits per heavy atom. The smallest absolute Gasteiger partial charge is 0.271 e. The third kappa shape index (κ3) is 3.20. The van der Waals surface area contributed by atoms with Crippen LogP contribution in [0.1, 0.15) is 30.0 Å². The summed E-state index contributed by atoms with van der Waals surface area (Å²) in [4.78, 5) is 11.9. The average Bonchev–Trinajstić information content (AvgIpc) is 2.50. The summed E-state index contributed by atoms with van der Waals surface area (Å²) in [5.74, 6) is -0.225. The Hall–Kier alpha value is -1.56. The number of nitrogens with zero attached hydrogens (tertiary/aromatic N) is 2. The Morgan fingerprint density at radius 3 is 2.76 bits per heavy atom. The molecule has 0 bridgehead atoms. The summed E-state index contributed by atoms with van der Waals surface area (Å²) >= 11 is 0. The van der Waals surface area contributed by atoms with E-state index in [1.54, 1.807) is 14.0 Å². The van der Waals surface area contributed by atoms with Gasteiger partial charge in [-0.15, -0.1) is 0 Å². The summed E-state index contributed by atoms with van der Waals surface area (Å²) < 4.78 is 6.82. The van der Waals surface area contributed by atoms with Gasteiger partial charge in [0.05, 0.1) is 17.5 Å². The minimum absolute atomic E-state index is 0.0144. The Kier molecular flexibility index (Phi) is 4.51. The molecule has 1 amide bonds. The molecule has 0 aliphatic rings. The molecule has 0 aliphatic heterocycles. The molecule has 1 heterocycles. The Morgan fingerprint density at radius 2 is 2.29 bits per heavy atom. The van der Waals surface area contributed by atoms with E-state index in [9.17, 15) is 4.79 Å². The summed E-state index contributed by atoms with van der Waals surface area (Å²) in [6.07, 6.45) is -0.0144. The average molecular weight is 240 g/mol. The number of rotatable bonds is 5. The highest BCUT2D eigenvalue weighted by Gasteiger charge is 2.18. The molecule has 3 N–H and O–H groups in total. The van der Waals surface area contributed by atoms with Gasteiger partial charge in [0.15, 0.2) is 0 Å². The van der Waals surface area contributed by atoms with E-state index >= 15 is 0 Å². The van der Waals surface area contributed by atoms with Gasteiger partial charge in [-0.3, -0.25) is 9.48 Å². The second kappa shape index (κ2) is 5.67. The van der Waals surface area contributed by atoms with Gasteiger partial charge in [0.2, 0.25) is 0 Å². The van der Waals surface area contributed by atoms with Crippen LogP contribution in [-0.4, -0.2) is 34.9 Å². The molecule has 6 nitrogen and oxygen atoms in total. The van der Waals surface area contributed by atoms with Crippen LogP contribution in [0, 0.1) is 6.92 Å². The van der Waals surface area contributed by atoms with Crippen LogP contribution < -0.4 is 11.1 Å². The van der Waals surface area contributed by atoms with Crippen LogP contribution in [0.25, 0.3) is 0 Å². The van der Waals surface area contributed by atoms with Gasteiger partial charge >= 0.3 is 0 Å². The van der Waals surface area contributed by atoms with Crippen molar-refractivity contribution in [1.82, 2.24) is 15.1 Å². The predicted molar refractivity (Wildman–Crippen MR) is 65.8 cm³/mol. The number of nitrogen functional groups attached to an aromatic ring is 1. The van der Waals surface area contributed by atoms with E-state index in [2.05, 4.69) is 10.4 Å². The first kappa shape index (κ1) is 13.5. The van der Waals surface area contributed by atoms with Crippen molar-refractivity contribution >= 4 is 11.6 Å². The molecule has 1 atom stereocenters. The van der Waals surface area contributed by atoms with Crippen LogP contribution in [0.15, 0.2) is 0 Å². The fraction of sp³-hybridized carbons (Fsp3) is 0.636. The zero-order valence-electron chi connectivity index (χ0n) is 10.8. The number of hydrogen-bond acceptors (Lipinski definition) is 4. The van der Waals surface area contributed by atoms with Crippen LogP contribution in [0.4, 0.5) is 5.69 Å². The van der Waals surface area contributed by atoms with Crippen LogP contribution in [0.2, 0.25) is 0 Å². The van der Waals surface area contributed by atoms with E-state index in [1.807, 2.05) is 13.8 Å². The SMILES string of the molecule is CCOC(C)CNC(=O)c1c(N)c(C)nn1C. The molecule has 0 radical (unpaired) electrons. The third-order valence-electron chi connectivity index (χ3n) is 2.48. The number of anilines is 1. The van der Waals surface area contributed by atoms with Gasteiger partial charge in [-0.25, -0.2) is 0 Å². The molecule has 0 spiro atoms. The van der Waals surface area contributed by atoms with Crippen molar-refractivity contribution in [2.45, 2.75) is 26.9 Å². The second-order valence-electron chi connectivity index (χ2n) is 3.95. The lowest BCUT2D eigenvalue weighted by molar-refractivity contribution is 0.0692. The highest BCUT2D eigenvalue weighted by Crippen LogP contribution is 2.14. The van der Waals surface area contributed by atoms with E-state index < -0.39 is 0 Å². The number of carbonyl (C=O) groups is 1. The van der Waals surface area contributed by atoms with E-state index in [0.717, 1.165) is 0 Å². The van der Waals surface area contributed by atoms with E-state index in [-0.39, 0.29) is 12.0 Å². The molecule has 1 aromatic rings. The quantitative estimate of drug-likeness (QED) is 0.783. The zero-order chi connectivity index (χ0) is 13.0. The lowest BCUT2D eigenvalue weighted by atomic mass is 10.3. The molecule has 0 aliphatic carbocycles. The highest BCUT2D eigenvalue weighted by molar-refractivity contribution is 5.97. The minimum atomic E-state index is -0.225. The maximum Gasteiger partial charge on any atom is 0.271 e. The molecule has 0 aromatic carbocycles. The van der Waals surface area contributed by atoms with Gasteiger partial charge in [-0.05, 0) is 20.8 Å². The number of nitrogens with two attached hydrogens (primary N) is 1. The van der Waals surface area contributed by atoms with Crippen LogP contribution in [0.3, 0.4) is 0 Å². The molecule has 1 aromatic heterocycles. The van der Waals surface area contributed by atoms with Gasteiger partial charge in [0.25, 0.3) is 5.91 Å². The topological polar surface area (TPSA) is 82.2 Å². The number of nitrogens with one attached hydrogen (secondary N) is 1. The standard InChI is InChI=1S/C11H20N4O2/c1-5-17-7(2)6-13-11(16)10-9(12)8(3)14-15(10)4/h7H,5-6,12H2,1-4H3,(H,13,16). The first-order chi connectivity index (χ1) is 7.97. The molecule has 0 saturated carbocycles. The summed E-state index contributed by atoms with van der Waals surface area (Å²) in [5, 5.41) is 6.87. The maximum absolute atomic E-state index is 11.9. The number of ether oxygens (including phenoxy) is 1. The van der Waals surface area contributed by atoms with Crippen LogP contribution >= 0.6 is 0 Å². The summed E-state index contributed by atoms with van der Waals surface area (Å²) in [5.41, 5.74) is 7.28. The lowest BCUT2D eigenvalue weighted by Gasteiger charge is -2.12. The number of aryl methyl sites for hydroxylation is 2. The molecule has 0 fully saturated rings. The Bertz CT molecular complexity index is 400. The normalized spacial score (nSPS) is 12.5. The minimum Gasteiger partial charge on any atom is -0.395 e. The summed E-state index contributed by atoms with van der Waals surface area (Å²) in [7, 11) is 1.70. The largest absolute Gasteiger partial charge is 0.395 e. The number of aromatic nitrogens is 2. The number of amides is 1. The van der Waals surface area contributed by atoms with E-state index in [0.29, 0.717) is 30.2 Å². The molecule has 17 heavy (non-hydrogen) atoms. The van der Waals surface area contributed by atoms with Crippen molar-refractivity contribution in [2.75, 3.05) is 18.9 Å². The Balaban J connectivity index is 2.64. The number of hydrogen-bond donors (Lipinski definition) is 2. The fourth-order valence-corrected chi connectivity index (χ4v) is 1.61. The number of carbonyl (C=O) groups excluding carboxylic acids is 1.